The number of aromatic nitrogens is 9. The van der Waals surface area contributed by atoms with E-state index in [9.17, 15) is 0 Å². The summed E-state index contributed by atoms with van der Waals surface area (Å²) in [5, 5.41) is 12.2. The topological polar surface area (TPSA) is 99.6 Å². The molecular formula is C91H57N9. The first-order valence-electron chi connectivity index (χ1n) is 33.6. The highest BCUT2D eigenvalue weighted by atomic mass is 15.0. The smallest absolute Gasteiger partial charge is 0.164 e. The third-order valence-corrected chi connectivity index (χ3v) is 19.4. The van der Waals surface area contributed by atoms with E-state index in [1.807, 2.05) is 134 Å². The minimum atomic E-state index is 0.636. The van der Waals surface area contributed by atoms with E-state index in [0.29, 0.717) is 34.9 Å². The number of hydrogen-bond donors (Lipinski definition) is 0. The fraction of sp³-hybridized carbons (Fsp3) is 0. The molecule has 100 heavy (non-hydrogen) atoms. The maximum Gasteiger partial charge on any atom is 0.164 e. The second-order valence-electron chi connectivity index (χ2n) is 25.1. The molecule has 0 aliphatic rings. The van der Waals surface area contributed by atoms with E-state index >= 15 is 0 Å². The van der Waals surface area contributed by atoms with Crippen LogP contribution in [0.15, 0.2) is 346 Å². The van der Waals surface area contributed by atoms with Crippen LogP contribution in [-0.2, 0) is 0 Å². The molecule has 0 fully saturated rings. The molecule has 6 aromatic heterocycles. The first kappa shape index (κ1) is 57.8. The predicted molar refractivity (Wildman–Crippen MR) is 410 cm³/mol. The summed E-state index contributed by atoms with van der Waals surface area (Å²) in [5.74, 6) is 3.86. The Morgan fingerprint density at radius 1 is 0.200 bits per heavy atom. The van der Waals surface area contributed by atoms with Crippen LogP contribution < -0.4 is 0 Å². The number of pyridine rings is 1. The molecule has 0 saturated heterocycles. The molecule has 20 rings (SSSR count). The molecule has 0 radical (unpaired) electrons. The summed E-state index contributed by atoms with van der Waals surface area (Å²) in [7, 11) is 0. The summed E-state index contributed by atoms with van der Waals surface area (Å²) in [6.07, 6.45) is 3.83. The van der Waals surface area contributed by atoms with Crippen LogP contribution in [0.4, 0.5) is 0 Å². The molecule has 6 heterocycles. The van der Waals surface area contributed by atoms with Crippen molar-refractivity contribution in [2.24, 2.45) is 0 Å². The normalized spacial score (nSPS) is 11.6. The highest BCUT2D eigenvalue weighted by Gasteiger charge is 2.23. The monoisotopic (exact) mass is 1280 g/mol. The van der Waals surface area contributed by atoms with E-state index in [-0.39, 0.29) is 0 Å². The zero-order chi connectivity index (χ0) is 66.0. The van der Waals surface area contributed by atoms with Gasteiger partial charge in [0.2, 0.25) is 0 Å². The second kappa shape index (κ2) is 24.2. The summed E-state index contributed by atoms with van der Waals surface area (Å²) in [6.45, 7) is 0. The van der Waals surface area contributed by atoms with Gasteiger partial charge in [-0.2, -0.15) is 0 Å². The van der Waals surface area contributed by atoms with Crippen LogP contribution in [0.1, 0.15) is 0 Å². The molecule has 0 unspecified atom stereocenters. The van der Waals surface area contributed by atoms with Gasteiger partial charge < -0.3 is 8.97 Å². The van der Waals surface area contributed by atoms with E-state index in [1.54, 1.807) is 0 Å². The van der Waals surface area contributed by atoms with Gasteiger partial charge in [-0.15, -0.1) is 0 Å². The standard InChI is InChI=1S/C49H30N4.C42H27N5/c1-3-14-31(15-4-1)47-50-48(32-16-5-2-6-17-32)52-49(51-47)43-22-10-9-20-37(43)38-29-28-34(35-18-7-8-19-36(35)38)33-26-27-40-42-24-13-23-41-39-21-11-12-25-44(39)53(46(41)42)45(40)30-33;1-3-13-28(14-4-1)40-44-41(29-15-5-2-6-16-29)46-42(45-40)35-21-10-8-18-31(35)32-23-24-38(33-19-9-7-17-30(32)33)47-37-22-12-11-20-34(37)36-27-43-26-25-39(36)47/h1-30H;1-27H. The van der Waals surface area contributed by atoms with Gasteiger partial charge in [0.25, 0.3) is 0 Å². The quantitative estimate of drug-likeness (QED) is 0.134. The van der Waals surface area contributed by atoms with E-state index in [1.165, 1.54) is 65.4 Å². The predicted octanol–water partition coefficient (Wildman–Crippen LogP) is 22.7. The highest BCUT2D eigenvalue weighted by Crippen LogP contribution is 2.45. The Labute approximate surface area is 575 Å². The lowest BCUT2D eigenvalue weighted by molar-refractivity contribution is 1.07. The number of hydrogen-bond acceptors (Lipinski definition) is 7. The van der Waals surface area contributed by atoms with Crippen LogP contribution in [0, 0.1) is 0 Å². The molecule has 0 N–H and O–H groups in total. The van der Waals surface area contributed by atoms with Crippen molar-refractivity contribution in [1.82, 2.24) is 43.9 Å². The molecule has 0 aliphatic heterocycles. The van der Waals surface area contributed by atoms with Gasteiger partial charge in [0.15, 0.2) is 34.9 Å². The van der Waals surface area contributed by atoms with Crippen molar-refractivity contribution in [3.8, 4) is 107 Å². The van der Waals surface area contributed by atoms with Gasteiger partial charge in [0.1, 0.15) is 0 Å². The van der Waals surface area contributed by atoms with E-state index < -0.39 is 0 Å². The maximum atomic E-state index is 5.09. The van der Waals surface area contributed by atoms with Crippen LogP contribution in [0.25, 0.3) is 189 Å². The SMILES string of the molecule is c1ccc(-c2nc(-c3ccccc3)nc(-c3ccccc3-c3ccc(-c4ccc5c6cccc7c8ccccc8n(c5c4)c76)c4ccccc34)n2)cc1.c1ccc(-c2nc(-c3ccccc3)nc(-c3ccccc3-c3ccc(-n4c5ccccc5c5cnccc54)c4ccccc34)n2)cc1. The third kappa shape index (κ3) is 9.82. The summed E-state index contributed by atoms with van der Waals surface area (Å²) in [5.41, 5.74) is 19.6. The van der Waals surface area contributed by atoms with Crippen LogP contribution in [0.5, 0.6) is 0 Å². The van der Waals surface area contributed by atoms with Crippen molar-refractivity contribution in [3.05, 3.63) is 346 Å². The second-order valence-corrected chi connectivity index (χ2v) is 25.1. The highest BCUT2D eigenvalue weighted by molar-refractivity contribution is 6.24. The maximum absolute atomic E-state index is 5.09. The lowest BCUT2D eigenvalue weighted by atomic mass is 9.90. The molecule has 0 atom stereocenters. The molecule has 0 aliphatic carbocycles. The van der Waals surface area contributed by atoms with Crippen LogP contribution in [0.2, 0.25) is 0 Å². The van der Waals surface area contributed by atoms with Gasteiger partial charge in [-0.05, 0) is 79.9 Å². The van der Waals surface area contributed by atoms with Gasteiger partial charge in [-0.1, -0.05) is 303 Å². The van der Waals surface area contributed by atoms with Gasteiger partial charge in [0, 0.05) is 83.5 Å². The lowest BCUT2D eigenvalue weighted by Gasteiger charge is -2.17. The number of benzene rings is 14. The van der Waals surface area contributed by atoms with Gasteiger partial charge in [-0.3, -0.25) is 4.98 Å². The van der Waals surface area contributed by atoms with Crippen molar-refractivity contribution in [3.63, 3.8) is 0 Å². The number of fused-ring (bicyclic) bond motifs is 11. The molecule has 14 aromatic carbocycles. The van der Waals surface area contributed by atoms with Crippen LogP contribution in [-0.4, -0.2) is 43.9 Å². The zero-order valence-electron chi connectivity index (χ0n) is 53.9. The molecule has 0 bridgehead atoms. The Morgan fingerprint density at radius 3 is 1.10 bits per heavy atom. The minimum Gasteiger partial charge on any atom is -0.309 e. The van der Waals surface area contributed by atoms with Crippen LogP contribution in [0.3, 0.4) is 0 Å². The van der Waals surface area contributed by atoms with Gasteiger partial charge in [-0.25, -0.2) is 29.9 Å². The molecule has 20 aromatic rings. The Balaban J connectivity index is 0.000000140. The van der Waals surface area contributed by atoms with Crippen molar-refractivity contribution in [2.45, 2.75) is 0 Å². The van der Waals surface area contributed by atoms with Crippen molar-refractivity contribution in [2.75, 3.05) is 0 Å². The van der Waals surface area contributed by atoms with Crippen molar-refractivity contribution >= 4 is 81.4 Å². The first-order valence-corrected chi connectivity index (χ1v) is 33.6. The molecule has 9 heteroatoms. The fourth-order valence-corrected chi connectivity index (χ4v) is 14.9. The molecule has 9 nitrogen and oxygen atoms in total. The Hall–Kier alpha value is -13.6. The molecule has 466 valence electrons. The number of rotatable bonds is 10. The Morgan fingerprint density at radius 2 is 0.570 bits per heavy atom. The van der Waals surface area contributed by atoms with Gasteiger partial charge in [0.05, 0.1) is 33.3 Å². The Kier molecular flexibility index (Phi) is 14.0. The summed E-state index contributed by atoms with van der Waals surface area (Å²) >= 11 is 0. The summed E-state index contributed by atoms with van der Waals surface area (Å²) < 4.78 is 4.81. The summed E-state index contributed by atoms with van der Waals surface area (Å²) in [4.78, 5) is 34.6. The molecule has 0 amide bonds. The van der Waals surface area contributed by atoms with Crippen molar-refractivity contribution in [1.29, 1.82) is 0 Å². The summed E-state index contributed by atoms with van der Waals surface area (Å²) in [6, 6.07) is 117. The van der Waals surface area contributed by atoms with Gasteiger partial charge >= 0.3 is 0 Å². The zero-order valence-corrected chi connectivity index (χ0v) is 53.9. The van der Waals surface area contributed by atoms with E-state index in [0.717, 1.165) is 88.5 Å². The largest absolute Gasteiger partial charge is 0.309 e. The molecular weight excluding hydrogens is 1220 g/mol. The number of para-hydroxylation sites is 3. The van der Waals surface area contributed by atoms with E-state index in [4.69, 9.17) is 29.9 Å². The average Bonchev–Trinajstić information content (AvgIpc) is 1.54. The average molecular weight is 1280 g/mol. The first-order chi connectivity index (χ1) is 49.6. The lowest BCUT2D eigenvalue weighted by Crippen LogP contribution is -2.01. The third-order valence-electron chi connectivity index (χ3n) is 19.4. The van der Waals surface area contributed by atoms with Crippen LogP contribution >= 0.6 is 0 Å². The van der Waals surface area contributed by atoms with E-state index in [2.05, 4.69) is 226 Å². The van der Waals surface area contributed by atoms with Crippen molar-refractivity contribution < 1.29 is 0 Å². The molecule has 0 saturated carbocycles. The minimum absolute atomic E-state index is 0.636. The fourth-order valence-electron chi connectivity index (χ4n) is 14.9. The number of nitrogens with zero attached hydrogens (tertiary/aromatic N) is 9. The molecule has 0 spiro atoms. The Bertz CT molecular complexity index is 6360.